The molecule has 0 saturated heterocycles. The fourth-order valence-electron chi connectivity index (χ4n) is 2.54. The highest BCUT2D eigenvalue weighted by Crippen LogP contribution is 2.11. The topological polar surface area (TPSA) is 47.2 Å². The number of hydrogen-bond acceptors (Lipinski definition) is 2. The van der Waals surface area contributed by atoms with Crippen LogP contribution in [0.5, 0.6) is 0 Å². The molecule has 1 heterocycles. The first kappa shape index (κ1) is 15.9. The van der Waals surface area contributed by atoms with E-state index in [0.29, 0.717) is 11.8 Å². The van der Waals surface area contributed by atoms with Crippen molar-refractivity contribution < 1.29 is 4.79 Å². The SMILES string of the molecule is Cc1ccc(CC(=O)N=c2ccn(-c3ccccc3)nc2)c(C)c1. The average Bonchev–Trinajstić information content (AvgIpc) is 2.59. The van der Waals surface area contributed by atoms with Crippen molar-refractivity contribution in [1.29, 1.82) is 0 Å². The zero-order valence-electron chi connectivity index (χ0n) is 13.8. The summed E-state index contributed by atoms with van der Waals surface area (Å²) in [6.45, 7) is 4.06. The van der Waals surface area contributed by atoms with E-state index in [2.05, 4.69) is 16.2 Å². The molecule has 2 aromatic carbocycles. The van der Waals surface area contributed by atoms with E-state index in [0.717, 1.165) is 16.8 Å². The third-order valence-electron chi connectivity index (χ3n) is 3.82. The third-order valence-corrected chi connectivity index (χ3v) is 3.82. The van der Waals surface area contributed by atoms with Crippen LogP contribution in [0.15, 0.2) is 72.0 Å². The fourth-order valence-corrected chi connectivity index (χ4v) is 2.54. The van der Waals surface area contributed by atoms with Crippen molar-refractivity contribution in [1.82, 2.24) is 9.78 Å². The summed E-state index contributed by atoms with van der Waals surface area (Å²) in [7, 11) is 0. The Hall–Kier alpha value is -3.01. The third kappa shape index (κ3) is 3.84. The van der Waals surface area contributed by atoms with Crippen molar-refractivity contribution in [3.05, 3.63) is 89.0 Å². The molecule has 3 aromatic rings. The number of rotatable bonds is 3. The molecule has 0 aliphatic carbocycles. The lowest BCUT2D eigenvalue weighted by Gasteiger charge is -2.05. The first-order valence-electron chi connectivity index (χ1n) is 7.86. The number of aromatic nitrogens is 2. The summed E-state index contributed by atoms with van der Waals surface area (Å²) in [6, 6.07) is 17.7. The minimum atomic E-state index is -0.166. The molecule has 0 aliphatic heterocycles. The second-order valence-electron chi connectivity index (χ2n) is 5.78. The standard InChI is InChI=1S/C20H19N3O/c1-15-8-9-17(16(2)12-15)13-20(24)22-18-10-11-23(21-14-18)19-6-4-3-5-7-19/h3-12,14H,13H2,1-2H3. The fraction of sp³-hybridized carbons (Fsp3) is 0.150. The van der Waals surface area contributed by atoms with Gasteiger partial charge < -0.3 is 0 Å². The van der Waals surface area contributed by atoms with Gasteiger partial charge >= 0.3 is 0 Å². The number of amides is 1. The van der Waals surface area contributed by atoms with Crippen LogP contribution >= 0.6 is 0 Å². The van der Waals surface area contributed by atoms with Gasteiger partial charge in [-0.15, -0.1) is 0 Å². The summed E-state index contributed by atoms with van der Waals surface area (Å²) < 4.78 is 1.74. The summed E-state index contributed by atoms with van der Waals surface area (Å²) in [5, 5.41) is 4.88. The van der Waals surface area contributed by atoms with Gasteiger partial charge in [0.25, 0.3) is 5.91 Å². The highest BCUT2D eigenvalue weighted by atomic mass is 16.1. The number of carbonyl (C=O) groups is 1. The Morgan fingerprint density at radius 1 is 1.08 bits per heavy atom. The van der Waals surface area contributed by atoms with Gasteiger partial charge in [-0.3, -0.25) is 4.79 Å². The van der Waals surface area contributed by atoms with Crippen LogP contribution in [-0.4, -0.2) is 15.7 Å². The van der Waals surface area contributed by atoms with E-state index in [1.165, 1.54) is 5.56 Å². The molecule has 0 atom stereocenters. The van der Waals surface area contributed by atoms with Crippen molar-refractivity contribution in [2.45, 2.75) is 20.3 Å². The van der Waals surface area contributed by atoms with Crippen LogP contribution in [0.4, 0.5) is 0 Å². The second-order valence-corrected chi connectivity index (χ2v) is 5.78. The Morgan fingerprint density at radius 3 is 2.54 bits per heavy atom. The van der Waals surface area contributed by atoms with Crippen LogP contribution in [0.25, 0.3) is 5.69 Å². The minimum absolute atomic E-state index is 0.166. The van der Waals surface area contributed by atoms with Crippen molar-refractivity contribution >= 4 is 5.91 Å². The zero-order valence-corrected chi connectivity index (χ0v) is 13.8. The summed E-state index contributed by atoms with van der Waals surface area (Å²) >= 11 is 0. The van der Waals surface area contributed by atoms with Crippen LogP contribution in [0.3, 0.4) is 0 Å². The van der Waals surface area contributed by atoms with E-state index < -0.39 is 0 Å². The number of hydrogen-bond donors (Lipinski definition) is 0. The molecule has 4 nitrogen and oxygen atoms in total. The number of benzene rings is 2. The molecule has 0 radical (unpaired) electrons. The van der Waals surface area contributed by atoms with Crippen molar-refractivity contribution in [3.8, 4) is 5.69 Å². The van der Waals surface area contributed by atoms with E-state index in [1.54, 1.807) is 23.1 Å². The first-order chi connectivity index (χ1) is 11.6. The molecule has 0 bridgehead atoms. The molecular formula is C20H19N3O. The van der Waals surface area contributed by atoms with E-state index in [4.69, 9.17) is 0 Å². The second kappa shape index (κ2) is 7.04. The molecule has 0 fully saturated rings. The van der Waals surface area contributed by atoms with Gasteiger partial charge in [0, 0.05) is 6.20 Å². The van der Waals surface area contributed by atoms with Crippen molar-refractivity contribution in [2.24, 2.45) is 4.99 Å². The largest absolute Gasteiger partial charge is 0.272 e. The Balaban J connectivity index is 1.77. The molecule has 3 rings (SSSR count). The maximum absolute atomic E-state index is 12.2. The van der Waals surface area contributed by atoms with Crippen LogP contribution in [0.1, 0.15) is 16.7 Å². The normalized spacial score (nSPS) is 11.5. The Labute approximate surface area is 141 Å². The molecule has 0 aliphatic rings. The molecule has 0 N–H and O–H groups in total. The predicted molar refractivity (Wildman–Crippen MR) is 93.8 cm³/mol. The Kier molecular flexibility index (Phi) is 4.66. The number of para-hydroxylation sites is 1. The van der Waals surface area contributed by atoms with Gasteiger partial charge in [-0.05, 0) is 43.2 Å². The zero-order chi connectivity index (χ0) is 16.9. The smallest absolute Gasteiger partial charge is 0.250 e. The molecule has 24 heavy (non-hydrogen) atoms. The molecule has 120 valence electrons. The maximum atomic E-state index is 12.2. The molecule has 0 saturated carbocycles. The van der Waals surface area contributed by atoms with Gasteiger partial charge in [0.05, 0.1) is 23.7 Å². The number of nitrogens with zero attached hydrogens (tertiary/aromatic N) is 3. The van der Waals surface area contributed by atoms with E-state index in [-0.39, 0.29) is 5.91 Å². The lowest BCUT2D eigenvalue weighted by Crippen LogP contribution is -2.12. The highest BCUT2D eigenvalue weighted by molar-refractivity contribution is 5.79. The molecular weight excluding hydrogens is 298 g/mol. The van der Waals surface area contributed by atoms with Crippen LogP contribution in [0, 0.1) is 13.8 Å². The summed E-state index contributed by atoms with van der Waals surface area (Å²) in [4.78, 5) is 16.3. The molecule has 1 amide bonds. The van der Waals surface area contributed by atoms with Crippen LogP contribution in [-0.2, 0) is 11.2 Å². The van der Waals surface area contributed by atoms with Crippen LogP contribution in [0.2, 0.25) is 0 Å². The van der Waals surface area contributed by atoms with Gasteiger partial charge in [-0.1, -0.05) is 42.0 Å². The van der Waals surface area contributed by atoms with Crippen molar-refractivity contribution in [3.63, 3.8) is 0 Å². The Bertz CT molecular complexity index is 907. The number of aryl methyl sites for hydroxylation is 2. The lowest BCUT2D eigenvalue weighted by atomic mass is 10.0. The molecule has 4 heteroatoms. The van der Waals surface area contributed by atoms with Crippen molar-refractivity contribution in [2.75, 3.05) is 0 Å². The maximum Gasteiger partial charge on any atom is 0.250 e. The monoisotopic (exact) mass is 317 g/mol. The number of carbonyl (C=O) groups excluding carboxylic acids is 1. The highest BCUT2D eigenvalue weighted by Gasteiger charge is 2.05. The van der Waals surface area contributed by atoms with Gasteiger partial charge in [0.2, 0.25) is 0 Å². The molecule has 0 spiro atoms. The predicted octanol–water partition coefficient (Wildman–Crippen LogP) is 3.16. The summed E-state index contributed by atoms with van der Waals surface area (Å²) in [6.07, 6.45) is 3.71. The molecule has 1 aromatic heterocycles. The quantitative estimate of drug-likeness (QED) is 0.745. The average molecular weight is 317 g/mol. The van der Waals surface area contributed by atoms with E-state index in [9.17, 15) is 4.79 Å². The minimum Gasteiger partial charge on any atom is -0.272 e. The van der Waals surface area contributed by atoms with E-state index >= 15 is 0 Å². The van der Waals surface area contributed by atoms with E-state index in [1.807, 2.05) is 56.3 Å². The van der Waals surface area contributed by atoms with Crippen LogP contribution < -0.4 is 5.36 Å². The van der Waals surface area contributed by atoms with Gasteiger partial charge in [-0.2, -0.15) is 5.10 Å². The molecule has 0 unspecified atom stereocenters. The Morgan fingerprint density at radius 2 is 1.88 bits per heavy atom. The first-order valence-corrected chi connectivity index (χ1v) is 7.86. The summed E-state index contributed by atoms with van der Waals surface area (Å²) in [5.41, 5.74) is 4.29. The lowest BCUT2D eigenvalue weighted by molar-refractivity contribution is -0.117. The van der Waals surface area contributed by atoms with Gasteiger partial charge in [0.1, 0.15) is 0 Å². The van der Waals surface area contributed by atoms with Gasteiger partial charge in [-0.25, -0.2) is 9.67 Å². The summed E-state index contributed by atoms with van der Waals surface area (Å²) in [5.74, 6) is -0.166. The van der Waals surface area contributed by atoms with Gasteiger partial charge in [0.15, 0.2) is 0 Å².